The van der Waals surface area contributed by atoms with Crippen LogP contribution < -0.4 is 0 Å². The van der Waals surface area contributed by atoms with E-state index < -0.39 is 30.8 Å². The first kappa shape index (κ1) is 12.9. The third kappa shape index (κ3) is 5.50. The molecule has 0 amide bonds. The van der Waals surface area contributed by atoms with E-state index in [1.165, 1.54) is 0 Å². The molecular formula is C7H6F6O. The Labute approximate surface area is 75.7 Å². The average molecular weight is 220 g/mol. The van der Waals surface area contributed by atoms with E-state index in [2.05, 4.69) is 11.3 Å². The highest BCUT2D eigenvalue weighted by atomic mass is 19.4. The number of alkyl halides is 6. The van der Waals surface area contributed by atoms with Gasteiger partial charge in [-0.05, 0) is 0 Å². The van der Waals surface area contributed by atoms with E-state index >= 15 is 0 Å². The van der Waals surface area contributed by atoms with Gasteiger partial charge in [-0.1, -0.05) is 12.7 Å². The van der Waals surface area contributed by atoms with Crippen molar-refractivity contribution >= 4 is 0 Å². The highest BCUT2D eigenvalue weighted by Crippen LogP contribution is 2.30. The molecule has 0 aliphatic rings. The predicted molar refractivity (Wildman–Crippen MR) is 36.3 cm³/mol. The van der Waals surface area contributed by atoms with Crippen LogP contribution in [-0.2, 0) is 4.74 Å². The van der Waals surface area contributed by atoms with Gasteiger partial charge in [0.25, 0.3) is 0 Å². The van der Waals surface area contributed by atoms with Gasteiger partial charge in [-0.2, -0.15) is 26.3 Å². The van der Waals surface area contributed by atoms with Crippen molar-refractivity contribution < 1.29 is 31.1 Å². The Balaban J connectivity index is 4.73. The lowest BCUT2D eigenvalue weighted by atomic mass is 10.4. The minimum absolute atomic E-state index is 0.637. The fourth-order valence-electron chi connectivity index (χ4n) is 0.503. The molecule has 0 saturated heterocycles. The largest absolute Gasteiger partial charge is 0.485 e. The quantitative estimate of drug-likeness (QED) is 0.403. The van der Waals surface area contributed by atoms with E-state index in [4.69, 9.17) is 0 Å². The summed E-state index contributed by atoms with van der Waals surface area (Å²) in [4.78, 5) is 0. The van der Waals surface area contributed by atoms with Crippen molar-refractivity contribution in [3.8, 4) is 0 Å². The predicted octanol–water partition coefficient (Wildman–Crippen LogP) is 3.20. The molecule has 0 fully saturated rings. The van der Waals surface area contributed by atoms with Crippen LogP contribution in [0.25, 0.3) is 0 Å². The number of ether oxygens (including phenoxy) is 1. The van der Waals surface area contributed by atoms with Crippen LogP contribution in [0.3, 0.4) is 0 Å². The van der Waals surface area contributed by atoms with Gasteiger partial charge in [0.05, 0.1) is 6.08 Å². The van der Waals surface area contributed by atoms with Crippen LogP contribution >= 0.6 is 0 Å². The van der Waals surface area contributed by atoms with Crippen molar-refractivity contribution in [2.24, 2.45) is 0 Å². The normalized spacial score (nSPS) is 14.0. The van der Waals surface area contributed by atoms with Gasteiger partial charge in [0.2, 0.25) is 5.76 Å². The second-order valence-electron chi connectivity index (χ2n) is 2.15. The van der Waals surface area contributed by atoms with Crippen molar-refractivity contribution in [2.45, 2.75) is 12.4 Å². The first-order valence-electron chi connectivity index (χ1n) is 3.27. The molecule has 0 bridgehead atoms. The van der Waals surface area contributed by atoms with Gasteiger partial charge in [-0.25, -0.2) is 0 Å². The summed E-state index contributed by atoms with van der Waals surface area (Å²) < 4.78 is 74.1. The molecule has 0 spiro atoms. The second kappa shape index (κ2) is 4.39. The van der Waals surface area contributed by atoms with Crippen LogP contribution in [-0.4, -0.2) is 19.0 Å². The summed E-state index contributed by atoms with van der Waals surface area (Å²) in [7, 11) is 0. The topological polar surface area (TPSA) is 9.23 Å². The Bertz CT molecular complexity index is 223. The maximum atomic E-state index is 11.8. The highest BCUT2D eigenvalue weighted by molar-refractivity contribution is 5.04. The zero-order valence-corrected chi connectivity index (χ0v) is 6.74. The average Bonchev–Trinajstić information content (AvgIpc) is 1.93. The van der Waals surface area contributed by atoms with Gasteiger partial charge < -0.3 is 4.74 Å². The lowest BCUT2D eigenvalue weighted by molar-refractivity contribution is -0.139. The maximum absolute atomic E-state index is 11.8. The molecule has 1 nitrogen and oxygen atoms in total. The van der Waals surface area contributed by atoms with Gasteiger partial charge in [-0.3, -0.25) is 0 Å². The molecule has 0 atom stereocenters. The van der Waals surface area contributed by atoms with Gasteiger partial charge >= 0.3 is 12.4 Å². The molecule has 0 saturated carbocycles. The molecular weight excluding hydrogens is 214 g/mol. The Kier molecular flexibility index (Phi) is 4.03. The lowest BCUT2D eigenvalue weighted by Gasteiger charge is -2.12. The molecule has 82 valence electrons. The fraction of sp³-hybridized carbons (Fsp3) is 0.429. The lowest BCUT2D eigenvalue weighted by Crippen LogP contribution is -2.18. The summed E-state index contributed by atoms with van der Waals surface area (Å²) in [5, 5.41) is 0. The van der Waals surface area contributed by atoms with Crippen molar-refractivity contribution in [2.75, 3.05) is 6.61 Å². The van der Waals surface area contributed by atoms with Crippen molar-refractivity contribution in [3.05, 3.63) is 24.5 Å². The Morgan fingerprint density at radius 1 is 1.14 bits per heavy atom. The molecule has 7 heteroatoms. The van der Waals surface area contributed by atoms with Gasteiger partial charge in [0.1, 0.15) is 6.61 Å². The van der Waals surface area contributed by atoms with Crippen molar-refractivity contribution in [3.63, 3.8) is 0 Å². The molecule has 0 aromatic carbocycles. The van der Waals surface area contributed by atoms with Gasteiger partial charge in [-0.15, -0.1) is 0 Å². The van der Waals surface area contributed by atoms with Crippen LogP contribution in [0.5, 0.6) is 0 Å². The minimum Gasteiger partial charge on any atom is -0.485 e. The molecule has 14 heavy (non-hydrogen) atoms. The van der Waals surface area contributed by atoms with E-state index in [1.807, 2.05) is 0 Å². The Morgan fingerprint density at radius 2 is 1.64 bits per heavy atom. The van der Waals surface area contributed by atoms with Crippen LogP contribution in [0.2, 0.25) is 0 Å². The van der Waals surface area contributed by atoms with Gasteiger partial charge in [0.15, 0.2) is 0 Å². The van der Waals surface area contributed by atoms with Gasteiger partial charge in [0, 0.05) is 0 Å². The number of allylic oxidation sites excluding steroid dienone is 2. The molecule has 0 aromatic heterocycles. The number of hydrogen-bond donors (Lipinski definition) is 0. The highest BCUT2D eigenvalue weighted by Gasteiger charge is 2.40. The number of rotatable bonds is 3. The Hall–Kier alpha value is -1.14. The zero-order chi connectivity index (χ0) is 11.4. The molecule has 0 aliphatic carbocycles. The van der Waals surface area contributed by atoms with Crippen LogP contribution in [0.4, 0.5) is 26.3 Å². The summed E-state index contributed by atoms with van der Waals surface area (Å²) in [6.45, 7) is 2.37. The second-order valence-corrected chi connectivity index (χ2v) is 2.15. The van der Waals surface area contributed by atoms with Crippen LogP contribution in [0.1, 0.15) is 0 Å². The first-order chi connectivity index (χ1) is 6.17. The molecule has 0 aromatic rings. The van der Waals surface area contributed by atoms with Crippen molar-refractivity contribution in [1.82, 2.24) is 0 Å². The molecule has 0 radical (unpaired) electrons. The monoisotopic (exact) mass is 220 g/mol. The molecule has 0 aliphatic heterocycles. The van der Waals surface area contributed by atoms with Crippen molar-refractivity contribution in [1.29, 1.82) is 0 Å². The SMILES string of the molecule is C=CCO/C(=C\C(F)(F)F)C(F)(F)F. The molecule has 0 unspecified atom stereocenters. The van der Waals surface area contributed by atoms with E-state index in [-0.39, 0.29) is 0 Å². The minimum atomic E-state index is -5.15. The molecule has 0 N–H and O–H groups in total. The number of halogens is 6. The summed E-state index contributed by atoms with van der Waals surface area (Å²) in [6.07, 6.45) is -10.2. The standard InChI is InChI=1S/C7H6F6O/c1-2-3-14-5(7(11,12)13)4-6(8,9)10/h2,4H,1,3H2/b5-4-. The number of hydrogen-bond acceptors (Lipinski definition) is 1. The summed E-state index contributed by atoms with van der Waals surface area (Å²) in [5.74, 6) is -2.08. The summed E-state index contributed by atoms with van der Waals surface area (Å²) in [5.41, 5.74) is 0. The Morgan fingerprint density at radius 3 is 1.93 bits per heavy atom. The third-order valence-corrected chi connectivity index (χ3v) is 0.931. The smallest absolute Gasteiger partial charge is 0.448 e. The van der Waals surface area contributed by atoms with E-state index in [0.717, 1.165) is 6.08 Å². The fourth-order valence-corrected chi connectivity index (χ4v) is 0.503. The third-order valence-electron chi connectivity index (χ3n) is 0.931. The first-order valence-corrected chi connectivity index (χ1v) is 3.27. The van der Waals surface area contributed by atoms with Crippen LogP contribution in [0, 0.1) is 0 Å². The summed E-state index contributed by atoms with van der Waals surface area (Å²) in [6, 6.07) is 0. The molecule has 0 rings (SSSR count). The van der Waals surface area contributed by atoms with Crippen LogP contribution in [0.15, 0.2) is 24.5 Å². The summed E-state index contributed by atoms with van der Waals surface area (Å²) >= 11 is 0. The van der Waals surface area contributed by atoms with E-state index in [9.17, 15) is 26.3 Å². The maximum Gasteiger partial charge on any atom is 0.448 e. The molecule has 0 heterocycles. The van der Waals surface area contributed by atoms with E-state index in [1.54, 1.807) is 0 Å². The van der Waals surface area contributed by atoms with E-state index in [0.29, 0.717) is 0 Å². The zero-order valence-electron chi connectivity index (χ0n) is 6.74.